The van der Waals surface area contributed by atoms with Crippen LogP contribution in [0.3, 0.4) is 0 Å². The molecule has 1 unspecified atom stereocenters. The zero-order chi connectivity index (χ0) is 16.2. The van der Waals surface area contributed by atoms with Crippen LogP contribution in [0.5, 0.6) is 0 Å². The van der Waals surface area contributed by atoms with Crippen LogP contribution in [0.15, 0.2) is 59.5 Å². The zero-order valence-corrected chi connectivity index (χ0v) is 14.0. The van der Waals surface area contributed by atoms with E-state index >= 15 is 0 Å². The van der Waals surface area contributed by atoms with Gasteiger partial charge in [0.2, 0.25) is 5.91 Å². The van der Waals surface area contributed by atoms with Crippen LogP contribution >= 0.6 is 11.8 Å². The monoisotopic (exact) mass is 329 g/mol. The van der Waals surface area contributed by atoms with Crippen LogP contribution in [-0.2, 0) is 14.3 Å². The quantitative estimate of drug-likeness (QED) is 0.787. The van der Waals surface area contributed by atoms with Crippen LogP contribution in [0, 0.1) is 0 Å². The van der Waals surface area contributed by atoms with E-state index in [9.17, 15) is 4.79 Å². The predicted molar refractivity (Wildman–Crippen MR) is 91.6 cm³/mol. The van der Waals surface area contributed by atoms with Gasteiger partial charge in [0.15, 0.2) is 6.29 Å². The van der Waals surface area contributed by atoms with Crippen LogP contribution in [0.25, 0.3) is 0 Å². The van der Waals surface area contributed by atoms with Gasteiger partial charge in [-0.3, -0.25) is 4.79 Å². The van der Waals surface area contributed by atoms with Crippen molar-refractivity contribution >= 4 is 23.4 Å². The first-order chi connectivity index (χ1) is 11.2. The van der Waals surface area contributed by atoms with Crippen molar-refractivity contribution in [1.29, 1.82) is 0 Å². The molecule has 1 amide bonds. The van der Waals surface area contributed by atoms with Gasteiger partial charge in [-0.25, -0.2) is 0 Å². The summed E-state index contributed by atoms with van der Waals surface area (Å²) in [5, 5.41) is -0.250. The molecule has 2 aromatic carbocycles. The Hall–Kier alpha value is -1.82. The number of anilines is 1. The third kappa shape index (κ3) is 3.27. The number of fused-ring (bicyclic) bond motifs is 1. The topological polar surface area (TPSA) is 38.8 Å². The summed E-state index contributed by atoms with van der Waals surface area (Å²) < 4.78 is 10.6. The van der Waals surface area contributed by atoms with Gasteiger partial charge >= 0.3 is 0 Å². The maximum absolute atomic E-state index is 13.1. The van der Waals surface area contributed by atoms with Crippen molar-refractivity contribution in [3.05, 3.63) is 60.2 Å². The Morgan fingerprint density at radius 1 is 1.04 bits per heavy atom. The zero-order valence-electron chi connectivity index (χ0n) is 13.1. The average Bonchev–Trinajstić information content (AvgIpc) is 2.61. The number of hydrogen-bond donors (Lipinski definition) is 0. The van der Waals surface area contributed by atoms with Crippen molar-refractivity contribution in [3.63, 3.8) is 0 Å². The number of carbonyl (C=O) groups excluding carboxylic acids is 1. The Balaban J connectivity index is 1.98. The first kappa shape index (κ1) is 16.1. The molecule has 0 radical (unpaired) electrons. The molecule has 0 aliphatic carbocycles. The SMILES string of the molecule is COC(CN1C(=O)C(c2ccccc2)Sc2ccccc21)OC. The molecule has 3 rings (SSSR count). The summed E-state index contributed by atoms with van der Waals surface area (Å²) in [6, 6.07) is 17.8. The van der Waals surface area contributed by atoms with Gasteiger partial charge in [0.25, 0.3) is 0 Å². The number of rotatable bonds is 5. The molecule has 1 heterocycles. The summed E-state index contributed by atoms with van der Waals surface area (Å²) in [4.78, 5) is 15.9. The number of ether oxygens (including phenoxy) is 2. The summed E-state index contributed by atoms with van der Waals surface area (Å²) in [5.41, 5.74) is 1.92. The van der Waals surface area contributed by atoms with Gasteiger partial charge in [0.1, 0.15) is 5.25 Å². The fourth-order valence-electron chi connectivity index (χ4n) is 2.64. The summed E-state index contributed by atoms with van der Waals surface area (Å²) in [6.07, 6.45) is -0.452. The van der Waals surface area contributed by atoms with E-state index in [-0.39, 0.29) is 11.2 Å². The summed E-state index contributed by atoms with van der Waals surface area (Å²) in [7, 11) is 3.16. The molecule has 0 saturated heterocycles. The summed E-state index contributed by atoms with van der Waals surface area (Å²) in [5.74, 6) is 0.0546. The van der Waals surface area contributed by atoms with Crippen molar-refractivity contribution in [3.8, 4) is 0 Å². The molecule has 23 heavy (non-hydrogen) atoms. The number of nitrogens with zero attached hydrogens (tertiary/aromatic N) is 1. The van der Waals surface area contributed by atoms with E-state index in [1.807, 2.05) is 54.6 Å². The molecule has 0 fully saturated rings. The van der Waals surface area contributed by atoms with Crippen LogP contribution < -0.4 is 4.90 Å². The first-order valence-electron chi connectivity index (χ1n) is 7.42. The minimum Gasteiger partial charge on any atom is -0.354 e. The highest BCUT2D eigenvalue weighted by atomic mass is 32.2. The average molecular weight is 329 g/mol. The Kier molecular flexibility index (Phi) is 5.00. The Morgan fingerprint density at radius 3 is 2.39 bits per heavy atom. The highest BCUT2D eigenvalue weighted by Crippen LogP contribution is 2.46. The van der Waals surface area contributed by atoms with E-state index in [2.05, 4.69) is 0 Å². The van der Waals surface area contributed by atoms with Crippen LogP contribution in [-0.4, -0.2) is 33.0 Å². The van der Waals surface area contributed by atoms with E-state index in [4.69, 9.17) is 9.47 Å². The minimum absolute atomic E-state index is 0.0546. The Morgan fingerprint density at radius 2 is 1.70 bits per heavy atom. The van der Waals surface area contributed by atoms with Gasteiger partial charge in [-0.2, -0.15) is 0 Å². The fraction of sp³-hybridized carbons (Fsp3) is 0.278. The van der Waals surface area contributed by atoms with E-state index in [1.165, 1.54) is 0 Å². The van der Waals surface area contributed by atoms with Crippen molar-refractivity contribution in [1.82, 2.24) is 0 Å². The molecule has 2 aromatic rings. The second-order valence-corrected chi connectivity index (χ2v) is 6.37. The third-order valence-electron chi connectivity index (χ3n) is 3.85. The lowest BCUT2D eigenvalue weighted by molar-refractivity contribution is -0.123. The molecule has 0 aromatic heterocycles. The van der Waals surface area contributed by atoms with Crippen molar-refractivity contribution in [2.75, 3.05) is 25.7 Å². The molecule has 4 nitrogen and oxygen atoms in total. The van der Waals surface area contributed by atoms with Gasteiger partial charge in [0, 0.05) is 19.1 Å². The molecule has 0 bridgehead atoms. The van der Waals surface area contributed by atoms with Crippen molar-refractivity contribution < 1.29 is 14.3 Å². The smallest absolute Gasteiger partial charge is 0.245 e. The van der Waals surface area contributed by atoms with Gasteiger partial charge < -0.3 is 14.4 Å². The molecule has 1 atom stereocenters. The fourth-order valence-corrected chi connectivity index (χ4v) is 3.87. The molecule has 0 N–H and O–H groups in total. The van der Waals surface area contributed by atoms with Gasteiger partial charge in [-0.05, 0) is 17.7 Å². The number of hydrogen-bond acceptors (Lipinski definition) is 4. The number of benzene rings is 2. The second-order valence-electron chi connectivity index (χ2n) is 5.23. The van der Waals surface area contributed by atoms with Crippen molar-refractivity contribution in [2.24, 2.45) is 0 Å². The van der Waals surface area contributed by atoms with Gasteiger partial charge in [-0.1, -0.05) is 42.5 Å². The van der Waals surface area contributed by atoms with Gasteiger partial charge in [0.05, 0.1) is 12.2 Å². The standard InChI is InChI=1S/C18H19NO3S/c1-21-16(22-2)12-19-14-10-6-7-11-15(14)23-17(18(19)20)13-8-4-3-5-9-13/h3-11,16-17H,12H2,1-2H3. The van der Waals surface area contributed by atoms with Crippen molar-refractivity contribution in [2.45, 2.75) is 16.4 Å². The number of thioether (sulfide) groups is 1. The lowest BCUT2D eigenvalue weighted by atomic mass is 10.1. The maximum atomic E-state index is 13.1. The number of para-hydroxylation sites is 1. The minimum atomic E-state index is -0.452. The highest BCUT2D eigenvalue weighted by Gasteiger charge is 2.35. The summed E-state index contributed by atoms with van der Waals surface area (Å²) in [6.45, 7) is 0.368. The van der Waals surface area contributed by atoms with E-state index in [1.54, 1.807) is 30.9 Å². The number of carbonyl (C=O) groups is 1. The summed E-state index contributed by atoms with van der Waals surface area (Å²) >= 11 is 1.59. The largest absolute Gasteiger partial charge is 0.354 e. The molecule has 5 heteroatoms. The molecule has 0 spiro atoms. The molecule has 120 valence electrons. The van der Waals surface area contributed by atoms with Crippen LogP contribution in [0.1, 0.15) is 10.8 Å². The second kappa shape index (κ2) is 7.17. The van der Waals surface area contributed by atoms with E-state index in [0.717, 1.165) is 16.1 Å². The van der Waals surface area contributed by atoms with E-state index < -0.39 is 6.29 Å². The third-order valence-corrected chi connectivity index (χ3v) is 5.16. The predicted octanol–water partition coefficient (Wildman–Crippen LogP) is 3.49. The number of methoxy groups -OCH3 is 2. The first-order valence-corrected chi connectivity index (χ1v) is 8.30. The molecule has 0 saturated carbocycles. The van der Waals surface area contributed by atoms with Crippen LogP contribution in [0.2, 0.25) is 0 Å². The molecule has 1 aliphatic rings. The van der Waals surface area contributed by atoms with Gasteiger partial charge in [-0.15, -0.1) is 11.8 Å². The normalized spacial score (nSPS) is 17.4. The van der Waals surface area contributed by atoms with E-state index in [0.29, 0.717) is 6.54 Å². The highest BCUT2D eigenvalue weighted by molar-refractivity contribution is 8.00. The molecule has 1 aliphatic heterocycles. The van der Waals surface area contributed by atoms with Crippen LogP contribution in [0.4, 0.5) is 5.69 Å². The maximum Gasteiger partial charge on any atom is 0.245 e. The lowest BCUT2D eigenvalue weighted by Gasteiger charge is -2.35. The Bertz CT molecular complexity index is 673. The molecular weight excluding hydrogens is 310 g/mol. The molecular formula is C18H19NO3S. The number of amides is 1. The Labute approximate surface area is 140 Å². The lowest BCUT2D eigenvalue weighted by Crippen LogP contribution is -2.43.